The molecule has 4 aromatic heterocycles. The summed E-state index contributed by atoms with van der Waals surface area (Å²) in [7, 11) is 0. The molecule has 7 heteroatoms. The summed E-state index contributed by atoms with van der Waals surface area (Å²) in [5, 5.41) is 6.06. The fourth-order valence-electron chi connectivity index (χ4n) is 8.02. The maximum atomic E-state index is 5.09. The monoisotopic (exact) mass is 806 g/mol. The van der Waals surface area contributed by atoms with E-state index >= 15 is 0 Å². The third-order valence-corrected chi connectivity index (χ3v) is 14.5. The van der Waals surface area contributed by atoms with Crippen molar-refractivity contribution < 1.29 is 0 Å². The van der Waals surface area contributed by atoms with Crippen molar-refractivity contribution in [2.45, 2.75) is 0 Å². The van der Waals surface area contributed by atoms with Crippen molar-refractivity contribution in [1.82, 2.24) is 19.9 Å². The van der Waals surface area contributed by atoms with E-state index in [1.807, 2.05) is 46.9 Å². The van der Waals surface area contributed by atoms with Crippen LogP contribution in [0.3, 0.4) is 0 Å². The first-order valence-electron chi connectivity index (χ1n) is 19.4. The van der Waals surface area contributed by atoms with Gasteiger partial charge in [-0.25, -0.2) is 19.9 Å². The second-order valence-corrected chi connectivity index (χ2v) is 17.8. The highest BCUT2D eigenvalue weighted by atomic mass is 32.1. The van der Waals surface area contributed by atoms with Gasteiger partial charge in [-0.2, -0.15) is 0 Å². The molecule has 0 bridgehead atoms. The van der Waals surface area contributed by atoms with Gasteiger partial charge in [0.2, 0.25) is 0 Å². The van der Waals surface area contributed by atoms with Crippen molar-refractivity contribution in [3.05, 3.63) is 182 Å². The first-order valence-corrected chi connectivity index (χ1v) is 21.9. The number of fused-ring (bicyclic) bond motifs is 7. The van der Waals surface area contributed by atoms with Gasteiger partial charge in [-0.05, 0) is 70.8 Å². The number of rotatable bonds is 6. The second-order valence-electron chi connectivity index (χ2n) is 14.6. The minimum atomic E-state index is 0.649. The Balaban J connectivity index is 0.888. The molecule has 0 fully saturated rings. The number of benzene rings is 8. The van der Waals surface area contributed by atoms with Crippen LogP contribution in [0.2, 0.25) is 0 Å². The largest absolute Gasteiger partial charge is 0.236 e. The standard InChI is InChI=1S/C52H30N4S3/c1-2-9-33(10-3-1)49-54-50(56-51(55-49)37-26-28-45-41(30-37)39-11-4-6-15-44(39)57-45)34-21-19-32(20-22-34)38-12-8-13-40-42-29-36(25-27-46(42)58-48(38)40)31-17-23-35(24-18-31)52-53-43-14-5-7-16-47(43)59-52/h1-30H. The highest BCUT2D eigenvalue weighted by Crippen LogP contribution is 2.42. The Bertz CT molecular complexity index is 3510. The molecule has 8 aromatic carbocycles. The molecule has 0 aliphatic rings. The van der Waals surface area contributed by atoms with Crippen molar-refractivity contribution in [3.63, 3.8) is 0 Å². The molecule has 0 saturated heterocycles. The van der Waals surface area contributed by atoms with E-state index in [4.69, 9.17) is 19.9 Å². The summed E-state index contributed by atoms with van der Waals surface area (Å²) in [5.74, 6) is 1.97. The minimum absolute atomic E-state index is 0.649. The van der Waals surface area contributed by atoms with Gasteiger partial charge in [-0.3, -0.25) is 0 Å². The number of nitrogens with zero attached hydrogens (tertiary/aromatic N) is 4. The molecule has 4 nitrogen and oxygen atoms in total. The number of thiazole rings is 1. The molecule has 0 radical (unpaired) electrons. The van der Waals surface area contributed by atoms with Gasteiger partial charge in [0.25, 0.3) is 0 Å². The number of para-hydroxylation sites is 1. The van der Waals surface area contributed by atoms with Crippen LogP contribution in [0.15, 0.2) is 182 Å². The van der Waals surface area contributed by atoms with Crippen molar-refractivity contribution in [2.75, 3.05) is 0 Å². The Kier molecular flexibility index (Phi) is 8.04. The zero-order chi connectivity index (χ0) is 38.9. The lowest BCUT2D eigenvalue weighted by Gasteiger charge is -2.10. The molecular formula is C52H30N4S3. The molecule has 0 spiro atoms. The van der Waals surface area contributed by atoms with Crippen LogP contribution in [-0.4, -0.2) is 19.9 Å². The van der Waals surface area contributed by atoms with Crippen LogP contribution in [0.1, 0.15) is 0 Å². The first kappa shape index (κ1) is 34.2. The maximum absolute atomic E-state index is 5.09. The summed E-state index contributed by atoms with van der Waals surface area (Å²) < 4.78 is 6.30. The predicted molar refractivity (Wildman–Crippen MR) is 251 cm³/mol. The van der Waals surface area contributed by atoms with Crippen molar-refractivity contribution in [3.8, 4) is 67.0 Å². The molecule has 12 aromatic rings. The van der Waals surface area contributed by atoms with E-state index in [0.717, 1.165) is 38.3 Å². The summed E-state index contributed by atoms with van der Waals surface area (Å²) in [6, 6.07) is 64.6. The molecule has 0 aliphatic heterocycles. The smallest absolute Gasteiger partial charge is 0.164 e. The quantitative estimate of drug-likeness (QED) is 0.168. The zero-order valence-electron chi connectivity index (χ0n) is 31.3. The Morgan fingerprint density at radius 3 is 1.63 bits per heavy atom. The van der Waals surface area contributed by atoms with Crippen LogP contribution in [0, 0.1) is 0 Å². The molecule has 0 saturated carbocycles. The van der Waals surface area contributed by atoms with E-state index in [-0.39, 0.29) is 0 Å². The van der Waals surface area contributed by atoms with Crippen molar-refractivity contribution >= 4 is 84.6 Å². The van der Waals surface area contributed by atoms with Gasteiger partial charge < -0.3 is 0 Å². The van der Waals surface area contributed by atoms with E-state index in [0.29, 0.717) is 17.5 Å². The molecule has 0 amide bonds. The topological polar surface area (TPSA) is 51.6 Å². The third-order valence-electron chi connectivity index (χ3n) is 11.0. The Morgan fingerprint density at radius 2 is 0.831 bits per heavy atom. The lowest BCUT2D eigenvalue weighted by Crippen LogP contribution is -2.00. The highest BCUT2D eigenvalue weighted by molar-refractivity contribution is 7.26. The summed E-state index contributed by atoms with van der Waals surface area (Å²) >= 11 is 5.40. The van der Waals surface area contributed by atoms with E-state index in [1.165, 1.54) is 61.7 Å². The predicted octanol–water partition coefficient (Wildman–Crippen LogP) is 15.2. The van der Waals surface area contributed by atoms with E-state index in [9.17, 15) is 0 Å². The lowest BCUT2D eigenvalue weighted by molar-refractivity contribution is 1.07. The molecule has 0 atom stereocenters. The average molecular weight is 807 g/mol. The normalized spacial score (nSPS) is 11.7. The third kappa shape index (κ3) is 6.02. The SMILES string of the molecule is c1ccc(-c2nc(-c3ccc(-c4cccc5c4sc4ccc(-c6ccc(-c7nc8ccccc8s7)cc6)cc45)cc3)nc(-c3ccc4sc5ccccc5c4c3)n2)cc1. The Morgan fingerprint density at radius 1 is 0.288 bits per heavy atom. The average Bonchev–Trinajstić information content (AvgIpc) is 4.02. The van der Waals surface area contributed by atoms with E-state index in [2.05, 4.69) is 158 Å². The Labute approximate surface area is 351 Å². The Hall–Kier alpha value is -6.90. The van der Waals surface area contributed by atoms with Gasteiger partial charge >= 0.3 is 0 Å². The lowest BCUT2D eigenvalue weighted by atomic mass is 9.99. The number of thiophene rings is 2. The number of hydrogen-bond acceptors (Lipinski definition) is 7. The van der Waals surface area contributed by atoms with Crippen LogP contribution in [0.5, 0.6) is 0 Å². The molecule has 4 heterocycles. The summed E-state index contributed by atoms with van der Waals surface area (Å²) in [6.45, 7) is 0. The fourth-order valence-corrected chi connectivity index (χ4v) is 11.3. The second kappa shape index (κ2) is 13.9. The fraction of sp³-hybridized carbons (Fsp3) is 0. The molecule has 59 heavy (non-hydrogen) atoms. The summed E-state index contributed by atoms with van der Waals surface area (Å²) in [5.41, 5.74) is 9.84. The van der Waals surface area contributed by atoms with Gasteiger partial charge in [-0.1, -0.05) is 133 Å². The van der Waals surface area contributed by atoms with Crippen molar-refractivity contribution in [1.29, 1.82) is 0 Å². The van der Waals surface area contributed by atoms with E-state index < -0.39 is 0 Å². The van der Waals surface area contributed by atoms with Crippen LogP contribution in [0.25, 0.3) is 118 Å². The van der Waals surface area contributed by atoms with Gasteiger partial charge in [0.15, 0.2) is 17.5 Å². The first-order chi connectivity index (χ1) is 29.2. The maximum Gasteiger partial charge on any atom is 0.164 e. The number of hydrogen-bond donors (Lipinski definition) is 0. The van der Waals surface area contributed by atoms with Crippen LogP contribution in [-0.2, 0) is 0 Å². The molecule has 0 N–H and O–H groups in total. The van der Waals surface area contributed by atoms with Gasteiger partial charge in [-0.15, -0.1) is 34.0 Å². The van der Waals surface area contributed by atoms with Crippen LogP contribution in [0.4, 0.5) is 0 Å². The molecule has 12 rings (SSSR count). The van der Waals surface area contributed by atoms with Gasteiger partial charge in [0, 0.05) is 62.6 Å². The molecule has 0 aliphatic carbocycles. The van der Waals surface area contributed by atoms with Crippen LogP contribution >= 0.6 is 34.0 Å². The number of aromatic nitrogens is 4. The molecule has 0 unspecified atom stereocenters. The zero-order valence-corrected chi connectivity index (χ0v) is 33.8. The minimum Gasteiger partial charge on any atom is -0.236 e. The molecule has 276 valence electrons. The van der Waals surface area contributed by atoms with Crippen molar-refractivity contribution in [2.24, 2.45) is 0 Å². The highest BCUT2D eigenvalue weighted by Gasteiger charge is 2.16. The van der Waals surface area contributed by atoms with E-state index in [1.54, 1.807) is 11.3 Å². The summed E-state index contributed by atoms with van der Waals surface area (Å²) in [4.78, 5) is 20.0. The summed E-state index contributed by atoms with van der Waals surface area (Å²) in [6.07, 6.45) is 0. The molecular weight excluding hydrogens is 777 g/mol. The van der Waals surface area contributed by atoms with Gasteiger partial charge in [0.1, 0.15) is 5.01 Å². The van der Waals surface area contributed by atoms with Gasteiger partial charge in [0.05, 0.1) is 10.2 Å². The van der Waals surface area contributed by atoms with Crippen LogP contribution < -0.4 is 0 Å².